The van der Waals surface area contributed by atoms with E-state index in [0.29, 0.717) is 12.1 Å². The van der Waals surface area contributed by atoms with Crippen LogP contribution < -0.4 is 0 Å². The zero-order valence-corrected chi connectivity index (χ0v) is 31.0. The average molecular weight is 517 g/mol. The summed E-state index contributed by atoms with van der Waals surface area (Å²) in [7, 11) is -1.55. The number of carbonyl (C=O) groups excluding carboxylic acids is 1. The van der Waals surface area contributed by atoms with Crippen molar-refractivity contribution in [1.29, 1.82) is 0 Å². The van der Waals surface area contributed by atoms with E-state index in [0.717, 1.165) is 37.2 Å². The van der Waals surface area contributed by atoms with Crippen molar-refractivity contribution >= 4 is 70.2 Å². The molecule has 0 saturated heterocycles. The predicted molar refractivity (Wildman–Crippen MR) is 145 cm³/mol. The van der Waals surface area contributed by atoms with E-state index in [1.54, 1.807) is 0 Å². The number of hydrogen-bond acceptors (Lipinski definition) is 5. The van der Waals surface area contributed by atoms with Crippen LogP contribution in [0.4, 0.5) is 0 Å². The first-order chi connectivity index (χ1) is 12.4. The van der Waals surface area contributed by atoms with Crippen molar-refractivity contribution in [3.63, 3.8) is 0 Å². The Morgan fingerprint density at radius 2 is 1.32 bits per heavy atom. The summed E-state index contributed by atoms with van der Waals surface area (Å²) in [6, 6.07) is 0. The average Bonchev–Trinajstić information content (AvgIpc) is 2.52. The molecule has 0 aromatic rings. The van der Waals surface area contributed by atoms with Crippen molar-refractivity contribution in [3.05, 3.63) is 12.7 Å². The highest BCUT2D eigenvalue weighted by Gasteiger charge is 2.23. The molecule has 28 heavy (non-hydrogen) atoms. The molecule has 0 rings (SSSR count). The topological polar surface area (TPSA) is 54.0 Å². The van der Waals surface area contributed by atoms with E-state index >= 15 is 0 Å². The molecular formula is C16H48O5Si7. The lowest BCUT2D eigenvalue weighted by molar-refractivity contribution is -0.137. The maximum Gasteiger partial charge on any atom is 0.330 e. The molecule has 0 spiro atoms. The highest BCUT2D eigenvalue weighted by Crippen LogP contribution is 2.17. The molecule has 0 heterocycles. The SMILES string of the molecule is C=CC(=O)OCCC(C)[SiH]([SiH3])O[Si](C)(C)C.C[Si](C)(C)O[SiH3].C[Si](C)(C)O[SiH3]. The molecule has 2 atom stereocenters. The molecular weight excluding hydrogens is 469 g/mol. The van der Waals surface area contributed by atoms with Crippen molar-refractivity contribution in [2.75, 3.05) is 6.61 Å². The number of ether oxygens (including phenoxy) is 1. The van der Waals surface area contributed by atoms with E-state index in [-0.39, 0.29) is 5.97 Å². The monoisotopic (exact) mass is 516 g/mol. The van der Waals surface area contributed by atoms with Crippen LogP contribution in [0.1, 0.15) is 13.3 Å². The number of carbonyl (C=O) groups is 1. The van der Waals surface area contributed by atoms with Gasteiger partial charge in [-0.2, -0.15) is 0 Å². The fraction of sp³-hybridized carbons (Fsp3) is 0.812. The normalized spacial score (nSPS) is 14.2. The third kappa shape index (κ3) is 31.3. The predicted octanol–water partition coefficient (Wildman–Crippen LogP) is 1.17. The van der Waals surface area contributed by atoms with Crippen LogP contribution in [0.3, 0.4) is 0 Å². The van der Waals surface area contributed by atoms with Gasteiger partial charge in [0.05, 0.1) is 6.61 Å². The summed E-state index contributed by atoms with van der Waals surface area (Å²) < 4.78 is 21.6. The van der Waals surface area contributed by atoms with Crippen molar-refractivity contribution in [2.24, 2.45) is 0 Å². The van der Waals surface area contributed by atoms with Gasteiger partial charge in [-0.25, -0.2) is 4.79 Å². The molecule has 170 valence electrons. The van der Waals surface area contributed by atoms with E-state index in [1.807, 2.05) is 0 Å². The summed E-state index contributed by atoms with van der Waals surface area (Å²) in [6.07, 6.45) is 2.13. The molecule has 5 nitrogen and oxygen atoms in total. The van der Waals surface area contributed by atoms with Gasteiger partial charge in [-0.05, 0) is 70.9 Å². The Labute approximate surface area is 188 Å². The van der Waals surface area contributed by atoms with Gasteiger partial charge in [0.2, 0.25) is 0 Å². The van der Waals surface area contributed by atoms with Crippen LogP contribution in [0.15, 0.2) is 12.7 Å². The van der Waals surface area contributed by atoms with Crippen LogP contribution in [0.25, 0.3) is 0 Å². The van der Waals surface area contributed by atoms with Crippen LogP contribution >= 0.6 is 0 Å². The first-order valence-corrected chi connectivity index (χ1v) is 27.6. The molecule has 0 saturated carbocycles. The molecule has 0 aromatic carbocycles. The fourth-order valence-corrected chi connectivity index (χ4v) is 14.7. The Kier molecular flexibility index (Phi) is 19.4. The van der Waals surface area contributed by atoms with E-state index in [2.05, 4.69) is 72.4 Å². The molecule has 0 aliphatic heterocycles. The lowest BCUT2D eigenvalue weighted by atomic mass is 10.3. The zero-order chi connectivity index (χ0) is 23.2. The van der Waals surface area contributed by atoms with Gasteiger partial charge in [-0.3, -0.25) is 0 Å². The molecule has 0 aliphatic carbocycles. The standard InChI is InChI=1S/C10H24O3Si3.2C3H12OSi2/c1-6-10(11)12-8-7-9(2)15(14)13-16(3,4)5;2*1-6(2,3)4-5/h6,9,15H,1,7-8H2,2-5,14H3;2*1-3,5H3. The molecule has 0 bridgehead atoms. The molecule has 0 aromatic heterocycles. The van der Waals surface area contributed by atoms with Gasteiger partial charge in [0, 0.05) is 15.8 Å². The summed E-state index contributed by atoms with van der Waals surface area (Å²) >= 11 is 0. The molecule has 0 aliphatic rings. The van der Waals surface area contributed by atoms with Gasteiger partial charge in [0.15, 0.2) is 25.0 Å². The highest BCUT2D eigenvalue weighted by atomic mass is 29.2. The quantitative estimate of drug-likeness (QED) is 0.261. The summed E-state index contributed by atoms with van der Waals surface area (Å²) in [5, 5.41) is 0. The third-order valence-corrected chi connectivity index (χ3v) is 25.1. The number of hydrogen-bond donors (Lipinski definition) is 0. The maximum atomic E-state index is 10.8. The Bertz CT molecular complexity index is 403. The van der Waals surface area contributed by atoms with Gasteiger partial charge in [-0.15, -0.1) is 0 Å². The van der Waals surface area contributed by atoms with E-state index < -0.39 is 33.5 Å². The van der Waals surface area contributed by atoms with Crippen LogP contribution in [0, 0.1) is 0 Å². The summed E-state index contributed by atoms with van der Waals surface area (Å²) in [6.45, 7) is 25.9. The molecule has 12 heteroatoms. The molecule has 0 amide bonds. The second-order valence-electron chi connectivity index (χ2n) is 9.71. The van der Waals surface area contributed by atoms with Crippen molar-refractivity contribution in [3.8, 4) is 0 Å². The van der Waals surface area contributed by atoms with Crippen molar-refractivity contribution in [1.82, 2.24) is 0 Å². The van der Waals surface area contributed by atoms with Crippen LogP contribution in [-0.2, 0) is 21.9 Å². The van der Waals surface area contributed by atoms with E-state index in [9.17, 15) is 4.79 Å². The van der Waals surface area contributed by atoms with Crippen LogP contribution in [0.2, 0.25) is 64.5 Å². The van der Waals surface area contributed by atoms with Crippen LogP contribution in [-0.4, -0.2) is 76.8 Å². The first-order valence-electron chi connectivity index (χ1n) is 9.95. The van der Waals surface area contributed by atoms with Gasteiger partial charge in [0.25, 0.3) is 0 Å². The van der Waals surface area contributed by atoms with E-state index in [1.165, 1.54) is 6.08 Å². The zero-order valence-electron chi connectivity index (χ0n) is 20.9. The molecule has 0 radical (unpaired) electrons. The van der Waals surface area contributed by atoms with Gasteiger partial charge >= 0.3 is 5.97 Å². The third-order valence-electron chi connectivity index (χ3n) is 3.55. The Hall–Kier alpha value is 0.608. The minimum absolute atomic E-state index is 0.329. The Balaban J connectivity index is -0.000000426. The minimum atomic E-state index is -1.38. The fourth-order valence-electron chi connectivity index (χ4n) is 1.31. The van der Waals surface area contributed by atoms with Gasteiger partial charge in [-0.1, -0.05) is 13.5 Å². The minimum Gasteiger partial charge on any atom is -0.464 e. The highest BCUT2D eigenvalue weighted by molar-refractivity contribution is 7.03. The lowest BCUT2D eigenvalue weighted by Gasteiger charge is -2.27. The van der Waals surface area contributed by atoms with Gasteiger partial charge in [0.1, 0.15) is 29.5 Å². The Morgan fingerprint density at radius 3 is 1.57 bits per heavy atom. The largest absolute Gasteiger partial charge is 0.464 e. The smallest absolute Gasteiger partial charge is 0.330 e. The summed E-state index contributed by atoms with van der Waals surface area (Å²) in [5.74, 6) is -0.329. The summed E-state index contributed by atoms with van der Waals surface area (Å²) in [4.78, 5) is 10.8. The summed E-state index contributed by atoms with van der Waals surface area (Å²) in [5.41, 5.74) is 0.594. The van der Waals surface area contributed by atoms with Crippen LogP contribution in [0.5, 0.6) is 0 Å². The maximum absolute atomic E-state index is 10.8. The van der Waals surface area contributed by atoms with Crippen molar-refractivity contribution in [2.45, 2.75) is 77.8 Å². The first kappa shape index (κ1) is 33.3. The van der Waals surface area contributed by atoms with Gasteiger partial charge < -0.3 is 17.1 Å². The molecule has 2 unspecified atom stereocenters. The Morgan fingerprint density at radius 1 is 0.964 bits per heavy atom. The molecule has 0 fully saturated rings. The number of esters is 1. The second kappa shape index (κ2) is 16.3. The second-order valence-corrected chi connectivity index (χ2v) is 32.6. The van der Waals surface area contributed by atoms with Crippen molar-refractivity contribution < 1.29 is 21.9 Å². The molecule has 0 N–H and O–H groups in total. The lowest BCUT2D eigenvalue weighted by Crippen LogP contribution is -2.38. The van der Waals surface area contributed by atoms with E-state index in [4.69, 9.17) is 17.1 Å². The number of rotatable bonds is 9.